The molecule has 8 heteroatoms. The van der Waals surface area contributed by atoms with Crippen molar-refractivity contribution in [3.05, 3.63) is 29.3 Å². The van der Waals surface area contributed by atoms with Crippen molar-refractivity contribution >= 4 is 16.1 Å². The second-order valence-electron chi connectivity index (χ2n) is 4.33. The molecule has 0 atom stereocenters. The number of methoxy groups -OCH3 is 1. The Balaban J connectivity index is 2.59. The Labute approximate surface area is 123 Å². The van der Waals surface area contributed by atoms with E-state index in [0.717, 1.165) is 6.26 Å². The van der Waals surface area contributed by atoms with Gasteiger partial charge in [0.15, 0.2) is 0 Å². The van der Waals surface area contributed by atoms with Gasteiger partial charge in [-0.15, -0.1) is 0 Å². The van der Waals surface area contributed by atoms with Crippen LogP contribution >= 0.6 is 0 Å². The summed E-state index contributed by atoms with van der Waals surface area (Å²) in [5, 5.41) is 9.02. The summed E-state index contributed by atoms with van der Waals surface area (Å²) in [5.74, 6) is -0.667. The maximum atomic E-state index is 11.0. The van der Waals surface area contributed by atoms with Gasteiger partial charge in [-0.25, -0.2) is 4.79 Å². The highest BCUT2D eigenvalue weighted by Crippen LogP contribution is 2.18. The summed E-state index contributed by atoms with van der Waals surface area (Å²) in [6.45, 7) is 0.502. The van der Waals surface area contributed by atoms with Gasteiger partial charge in [0.25, 0.3) is 10.1 Å². The number of rotatable bonds is 9. The van der Waals surface area contributed by atoms with Crippen molar-refractivity contribution in [2.45, 2.75) is 13.0 Å². The molecule has 0 bridgehead atoms. The van der Waals surface area contributed by atoms with Crippen LogP contribution in [0.4, 0.5) is 0 Å². The minimum absolute atomic E-state index is 0.0163. The molecule has 0 fully saturated rings. The monoisotopic (exact) mass is 318 g/mol. The standard InChI is InChI=1S/C13H18O7S/c1-18-9-10-6-11(13(14)15)8-12(7-10)19-4-3-5-20-21(2,16)17/h6-8H,3-5,9H2,1-2H3,(H,14,15). The molecule has 0 aliphatic carbocycles. The molecule has 0 spiro atoms. The first-order valence-electron chi connectivity index (χ1n) is 6.15. The second-order valence-corrected chi connectivity index (χ2v) is 5.98. The summed E-state index contributed by atoms with van der Waals surface area (Å²) in [7, 11) is -1.94. The molecule has 1 N–H and O–H groups in total. The van der Waals surface area contributed by atoms with E-state index >= 15 is 0 Å². The Bertz CT molecular complexity index is 580. The van der Waals surface area contributed by atoms with Gasteiger partial charge in [-0.05, 0) is 23.8 Å². The van der Waals surface area contributed by atoms with E-state index < -0.39 is 16.1 Å². The van der Waals surface area contributed by atoms with Gasteiger partial charge in [-0.3, -0.25) is 4.18 Å². The van der Waals surface area contributed by atoms with E-state index in [1.54, 1.807) is 6.07 Å². The molecule has 118 valence electrons. The third kappa shape index (κ3) is 7.07. The van der Waals surface area contributed by atoms with Crippen molar-refractivity contribution in [1.82, 2.24) is 0 Å². The molecule has 0 aliphatic rings. The van der Waals surface area contributed by atoms with Crippen LogP contribution in [0.25, 0.3) is 0 Å². The number of aromatic carboxylic acids is 1. The summed E-state index contributed by atoms with van der Waals surface area (Å²) in [4.78, 5) is 11.0. The van der Waals surface area contributed by atoms with E-state index in [4.69, 9.17) is 14.6 Å². The van der Waals surface area contributed by atoms with Crippen molar-refractivity contribution in [3.63, 3.8) is 0 Å². The molecule has 1 aromatic rings. The van der Waals surface area contributed by atoms with Crippen LogP contribution in [0, 0.1) is 0 Å². The quantitative estimate of drug-likeness (QED) is 0.541. The van der Waals surface area contributed by atoms with Gasteiger partial charge in [-0.1, -0.05) is 0 Å². The molecule has 0 amide bonds. The fourth-order valence-electron chi connectivity index (χ4n) is 1.58. The highest BCUT2D eigenvalue weighted by Gasteiger charge is 2.08. The van der Waals surface area contributed by atoms with E-state index in [-0.39, 0.29) is 25.4 Å². The molecule has 0 saturated carbocycles. The number of carboxylic acids is 1. The van der Waals surface area contributed by atoms with Gasteiger partial charge in [0.2, 0.25) is 0 Å². The van der Waals surface area contributed by atoms with Gasteiger partial charge in [-0.2, -0.15) is 8.42 Å². The van der Waals surface area contributed by atoms with Crippen molar-refractivity contribution in [2.24, 2.45) is 0 Å². The molecule has 0 heterocycles. The SMILES string of the molecule is COCc1cc(OCCCOS(C)(=O)=O)cc(C(=O)O)c1. The van der Waals surface area contributed by atoms with Crippen LogP contribution in [0.5, 0.6) is 5.75 Å². The molecule has 0 saturated heterocycles. The lowest BCUT2D eigenvalue weighted by atomic mass is 10.1. The Kier molecular flexibility index (Phi) is 6.60. The Morgan fingerprint density at radius 3 is 2.52 bits per heavy atom. The minimum Gasteiger partial charge on any atom is -0.493 e. The predicted molar refractivity (Wildman–Crippen MR) is 75.0 cm³/mol. The third-order valence-electron chi connectivity index (χ3n) is 2.38. The first-order valence-corrected chi connectivity index (χ1v) is 7.97. The van der Waals surface area contributed by atoms with E-state index in [2.05, 4.69) is 4.18 Å². The lowest BCUT2D eigenvalue weighted by molar-refractivity contribution is 0.0696. The van der Waals surface area contributed by atoms with Crippen LogP contribution in [0.3, 0.4) is 0 Å². The predicted octanol–water partition coefficient (Wildman–Crippen LogP) is 1.28. The number of carbonyl (C=O) groups is 1. The molecular weight excluding hydrogens is 300 g/mol. The third-order valence-corrected chi connectivity index (χ3v) is 2.97. The molecule has 21 heavy (non-hydrogen) atoms. The van der Waals surface area contributed by atoms with Gasteiger partial charge < -0.3 is 14.6 Å². The summed E-state index contributed by atoms with van der Waals surface area (Å²) >= 11 is 0. The normalized spacial score (nSPS) is 11.3. The average molecular weight is 318 g/mol. The van der Waals surface area contributed by atoms with Crippen molar-refractivity contribution in [2.75, 3.05) is 26.6 Å². The smallest absolute Gasteiger partial charge is 0.335 e. The van der Waals surface area contributed by atoms with E-state index in [1.807, 2.05) is 0 Å². The lowest BCUT2D eigenvalue weighted by Gasteiger charge is -2.09. The Morgan fingerprint density at radius 1 is 1.24 bits per heavy atom. The van der Waals surface area contributed by atoms with Crippen LogP contribution < -0.4 is 4.74 Å². The van der Waals surface area contributed by atoms with Crippen LogP contribution in [0.1, 0.15) is 22.3 Å². The average Bonchev–Trinajstić information content (AvgIpc) is 2.37. The zero-order valence-corrected chi connectivity index (χ0v) is 12.7. The number of carboxylic acid groups (broad SMARTS) is 1. The first-order chi connectivity index (χ1) is 9.81. The molecule has 0 radical (unpaired) electrons. The maximum absolute atomic E-state index is 11.0. The topological polar surface area (TPSA) is 99.1 Å². The van der Waals surface area contributed by atoms with Gasteiger partial charge in [0.1, 0.15) is 5.75 Å². The van der Waals surface area contributed by atoms with Crippen LogP contribution in [-0.2, 0) is 25.6 Å². The fourth-order valence-corrected chi connectivity index (χ4v) is 2.00. The van der Waals surface area contributed by atoms with Crippen molar-refractivity contribution in [3.8, 4) is 5.75 Å². The van der Waals surface area contributed by atoms with Gasteiger partial charge >= 0.3 is 5.97 Å². The van der Waals surface area contributed by atoms with E-state index in [1.165, 1.54) is 19.2 Å². The number of hydrogen-bond donors (Lipinski definition) is 1. The molecule has 1 rings (SSSR count). The summed E-state index contributed by atoms with van der Waals surface area (Å²) in [6, 6.07) is 4.58. The fraction of sp³-hybridized carbons (Fsp3) is 0.462. The summed E-state index contributed by atoms with van der Waals surface area (Å²) < 4.78 is 36.5. The molecular formula is C13H18O7S. The van der Waals surface area contributed by atoms with Crippen LogP contribution in [-0.4, -0.2) is 46.1 Å². The molecule has 0 aliphatic heterocycles. The number of ether oxygens (including phenoxy) is 2. The van der Waals surface area contributed by atoms with Crippen molar-refractivity contribution in [1.29, 1.82) is 0 Å². The number of benzene rings is 1. The Hall–Kier alpha value is -1.64. The zero-order valence-electron chi connectivity index (χ0n) is 11.9. The lowest BCUT2D eigenvalue weighted by Crippen LogP contribution is -2.08. The maximum Gasteiger partial charge on any atom is 0.335 e. The highest BCUT2D eigenvalue weighted by molar-refractivity contribution is 7.85. The zero-order chi connectivity index (χ0) is 15.9. The summed E-state index contributed by atoms with van der Waals surface area (Å²) in [6.07, 6.45) is 1.34. The highest BCUT2D eigenvalue weighted by atomic mass is 32.2. The van der Waals surface area contributed by atoms with Gasteiger partial charge in [0, 0.05) is 13.5 Å². The molecule has 7 nitrogen and oxygen atoms in total. The van der Waals surface area contributed by atoms with Crippen LogP contribution in [0.15, 0.2) is 18.2 Å². The first kappa shape index (κ1) is 17.4. The van der Waals surface area contributed by atoms with Crippen molar-refractivity contribution < 1.29 is 32.0 Å². The largest absolute Gasteiger partial charge is 0.493 e. The Morgan fingerprint density at radius 2 is 1.95 bits per heavy atom. The van der Waals surface area contributed by atoms with Gasteiger partial charge in [0.05, 0.1) is 31.6 Å². The molecule has 1 aromatic carbocycles. The molecule has 0 unspecified atom stereocenters. The minimum atomic E-state index is -3.45. The number of hydrogen-bond acceptors (Lipinski definition) is 6. The summed E-state index contributed by atoms with van der Waals surface area (Å²) in [5.41, 5.74) is 0.784. The van der Waals surface area contributed by atoms with E-state index in [0.29, 0.717) is 17.7 Å². The van der Waals surface area contributed by atoms with E-state index in [9.17, 15) is 13.2 Å². The van der Waals surface area contributed by atoms with Crippen LogP contribution in [0.2, 0.25) is 0 Å². The molecule has 0 aromatic heterocycles. The second kappa shape index (κ2) is 7.96.